The van der Waals surface area contributed by atoms with E-state index in [2.05, 4.69) is 6.07 Å². The molecule has 0 radical (unpaired) electrons. The van der Waals surface area contributed by atoms with Crippen LogP contribution >= 0.6 is 11.6 Å². The van der Waals surface area contributed by atoms with Gasteiger partial charge in [0.1, 0.15) is 10.8 Å². The topological polar surface area (TPSA) is 97.1 Å². The van der Waals surface area contributed by atoms with Gasteiger partial charge in [-0.05, 0) is 30.9 Å². The second kappa shape index (κ2) is 7.99. The summed E-state index contributed by atoms with van der Waals surface area (Å²) in [7, 11) is 1.40. The first-order chi connectivity index (χ1) is 12.9. The fraction of sp³-hybridized carbons (Fsp3) is 0.421. The normalized spacial score (nSPS) is 19.9. The minimum atomic E-state index is -0.530. The predicted octanol–water partition coefficient (Wildman–Crippen LogP) is 1.46. The van der Waals surface area contributed by atoms with Crippen molar-refractivity contribution in [3.05, 3.63) is 61.3 Å². The number of nitrogens with two attached hydrogens (primary N) is 1. The first-order valence-corrected chi connectivity index (χ1v) is 9.28. The summed E-state index contributed by atoms with van der Waals surface area (Å²) in [5, 5.41) is 9.45. The van der Waals surface area contributed by atoms with Crippen LogP contribution in [-0.2, 0) is 13.6 Å². The van der Waals surface area contributed by atoms with Crippen LogP contribution in [0, 0.1) is 11.3 Å². The van der Waals surface area contributed by atoms with E-state index in [0.29, 0.717) is 36.5 Å². The van der Waals surface area contributed by atoms with E-state index >= 15 is 0 Å². The highest BCUT2D eigenvalue weighted by Gasteiger charge is 2.26. The van der Waals surface area contributed by atoms with Crippen molar-refractivity contribution in [2.75, 3.05) is 18.0 Å². The number of aromatic nitrogens is 2. The van der Waals surface area contributed by atoms with Crippen LogP contribution in [0.4, 0.5) is 5.82 Å². The van der Waals surface area contributed by atoms with E-state index in [9.17, 15) is 14.9 Å². The molecule has 0 saturated carbocycles. The van der Waals surface area contributed by atoms with Gasteiger partial charge < -0.3 is 10.6 Å². The molecule has 0 unspecified atom stereocenters. The quantitative estimate of drug-likeness (QED) is 0.846. The van der Waals surface area contributed by atoms with E-state index in [-0.39, 0.29) is 17.6 Å². The van der Waals surface area contributed by atoms with Crippen LogP contribution in [0.3, 0.4) is 0 Å². The molecule has 1 aromatic rings. The number of nitrogens with zero attached hydrogens (tertiary/aromatic N) is 4. The molecule has 1 fully saturated rings. The molecule has 1 saturated heterocycles. The van der Waals surface area contributed by atoms with Crippen molar-refractivity contribution in [3.8, 4) is 6.07 Å². The Labute approximate surface area is 162 Å². The van der Waals surface area contributed by atoms with Crippen molar-refractivity contribution >= 4 is 17.4 Å². The summed E-state index contributed by atoms with van der Waals surface area (Å²) >= 11 is 6.39. The maximum atomic E-state index is 12.9. The van der Waals surface area contributed by atoms with Crippen LogP contribution in [-0.4, -0.2) is 28.3 Å². The molecule has 27 heavy (non-hydrogen) atoms. The lowest BCUT2D eigenvalue weighted by molar-refractivity contribution is 0.491. The van der Waals surface area contributed by atoms with Crippen LogP contribution in [0.2, 0.25) is 5.02 Å². The molecule has 142 valence electrons. The molecule has 0 aromatic carbocycles. The van der Waals surface area contributed by atoms with Crippen molar-refractivity contribution < 1.29 is 0 Å². The number of hydrogen-bond acceptors (Lipinski definition) is 5. The van der Waals surface area contributed by atoms with Crippen LogP contribution < -0.4 is 21.9 Å². The Morgan fingerprint density at radius 1 is 1.33 bits per heavy atom. The van der Waals surface area contributed by atoms with E-state index in [4.69, 9.17) is 17.3 Å². The van der Waals surface area contributed by atoms with Gasteiger partial charge in [0.15, 0.2) is 0 Å². The van der Waals surface area contributed by atoms with Gasteiger partial charge in [0, 0.05) is 26.2 Å². The zero-order chi connectivity index (χ0) is 19.6. The Kier molecular flexibility index (Phi) is 5.68. The van der Waals surface area contributed by atoms with E-state index in [1.165, 1.54) is 11.6 Å². The van der Waals surface area contributed by atoms with Gasteiger partial charge >= 0.3 is 5.69 Å². The van der Waals surface area contributed by atoms with Crippen molar-refractivity contribution in [2.45, 2.75) is 31.8 Å². The lowest BCUT2D eigenvalue weighted by Crippen LogP contribution is -2.48. The van der Waals surface area contributed by atoms with E-state index in [0.717, 1.165) is 17.4 Å². The number of hydrogen-bond donors (Lipinski definition) is 1. The predicted molar refractivity (Wildman–Crippen MR) is 106 cm³/mol. The van der Waals surface area contributed by atoms with E-state index < -0.39 is 11.2 Å². The molecule has 2 heterocycles. The molecular formula is C19H22ClN5O2. The lowest BCUT2D eigenvalue weighted by atomic mass is 10.1. The van der Waals surface area contributed by atoms with Gasteiger partial charge in [-0.1, -0.05) is 29.8 Å². The molecule has 2 N–H and O–H groups in total. The van der Waals surface area contributed by atoms with Crippen molar-refractivity contribution in [2.24, 2.45) is 12.8 Å². The first kappa shape index (κ1) is 19.2. The van der Waals surface area contributed by atoms with Crippen LogP contribution in [0.1, 0.15) is 19.3 Å². The Hall–Kier alpha value is -2.56. The average molecular weight is 388 g/mol. The number of halogens is 1. The van der Waals surface area contributed by atoms with Crippen molar-refractivity contribution in [3.63, 3.8) is 0 Å². The molecule has 1 aromatic heterocycles. The Bertz CT molecular complexity index is 993. The largest absolute Gasteiger partial charge is 0.355 e. The Morgan fingerprint density at radius 3 is 2.78 bits per heavy atom. The zero-order valence-electron chi connectivity index (χ0n) is 15.2. The lowest BCUT2D eigenvalue weighted by Gasteiger charge is -2.34. The minimum absolute atomic E-state index is 0.00143. The molecule has 7 nitrogen and oxygen atoms in total. The Morgan fingerprint density at radius 2 is 2.07 bits per heavy atom. The second-order valence-corrected chi connectivity index (χ2v) is 7.19. The van der Waals surface area contributed by atoms with Crippen molar-refractivity contribution in [1.82, 2.24) is 9.13 Å². The molecule has 0 spiro atoms. The molecule has 1 atom stereocenters. The van der Waals surface area contributed by atoms with Gasteiger partial charge in [-0.3, -0.25) is 13.9 Å². The minimum Gasteiger partial charge on any atom is -0.355 e. The van der Waals surface area contributed by atoms with E-state index in [1.54, 1.807) is 6.08 Å². The maximum Gasteiger partial charge on any atom is 0.332 e. The SMILES string of the molecule is Cn1c(=O)c(Cl)c(N2CCC[C@@H](N)C2)n(CC2=C(C#N)C=CCC=C2)c1=O. The number of rotatable bonds is 3. The molecule has 2 aliphatic rings. The summed E-state index contributed by atoms with van der Waals surface area (Å²) in [5.41, 5.74) is 6.28. The number of allylic oxidation sites excluding steroid dienone is 6. The number of piperidine rings is 1. The van der Waals surface area contributed by atoms with Gasteiger partial charge in [-0.25, -0.2) is 4.79 Å². The maximum absolute atomic E-state index is 12.9. The second-order valence-electron chi connectivity index (χ2n) is 6.81. The summed E-state index contributed by atoms with van der Waals surface area (Å²) in [6, 6.07) is 2.13. The Balaban J connectivity index is 2.18. The average Bonchev–Trinajstić information content (AvgIpc) is 2.89. The van der Waals surface area contributed by atoms with Gasteiger partial charge in [-0.2, -0.15) is 5.26 Å². The number of nitriles is 1. The van der Waals surface area contributed by atoms with Crippen molar-refractivity contribution in [1.29, 1.82) is 5.26 Å². The van der Waals surface area contributed by atoms with Gasteiger partial charge in [0.25, 0.3) is 5.56 Å². The highest BCUT2D eigenvalue weighted by molar-refractivity contribution is 6.32. The van der Waals surface area contributed by atoms with Gasteiger partial charge in [-0.15, -0.1) is 0 Å². The highest BCUT2D eigenvalue weighted by atomic mass is 35.5. The summed E-state index contributed by atoms with van der Waals surface area (Å²) in [6.45, 7) is 1.34. The molecular weight excluding hydrogens is 366 g/mol. The highest BCUT2D eigenvalue weighted by Crippen LogP contribution is 2.26. The summed E-state index contributed by atoms with van der Waals surface area (Å²) in [4.78, 5) is 27.2. The van der Waals surface area contributed by atoms with Gasteiger partial charge in [0.05, 0.1) is 18.2 Å². The molecule has 0 bridgehead atoms. The molecule has 1 aliphatic carbocycles. The van der Waals surface area contributed by atoms with Crippen LogP contribution in [0.5, 0.6) is 0 Å². The molecule has 3 rings (SSSR count). The summed E-state index contributed by atoms with van der Waals surface area (Å²) < 4.78 is 2.47. The fourth-order valence-electron chi connectivity index (χ4n) is 3.46. The molecule has 1 aliphatic heterocycles. The first-order valence-electron chi connectivity index (χ1n) is 8.90. The molecule has 8 heteroatoms. The smallest absolute Gasteiger partial charge is 0.332 e. The third-order valence-corrected chi connectivity index (χ3v) is 5.22. The van der Waals surface area contributed by atoms with Crippen LogP contribution in [0.15, 0.2) is 45.0 Å². The third-order valence-electron chi connectivity index (χ3n) is 4.89. The fourth-order valence-corrected chi connectivity index (χ4v) is 3.81. The number of anilines is 1. The summed E-state index contributed by atoms with van der Waals surface area (Å²) in [6.07, 6.45) is 9.88. The zero-order valence-corrected chi connectivity index (χ0v) is 15.9. The molecule has 0 amide bonds. The standard InChI is InChI=1S/C19H22ClN5O2/c1-23-18(26)16(20)17(24-9-5-8-15(22)12-24)25(19(23)27)11-14-7-4-2-3-6-13(14)10-21/h3-4,6-7,15H,2,5,8-9,11-12,22H2,1H3/t15-/m1/s1. The van der Waals surface area contributed by atoms with E-state index in [1.807, 2.05) is 23.1 Å². The van der Waals surface area contributed by atoms with Crippen LogP contribution in [0.25, 0.3) is 0 Å². The third kappa shape index (κ3) is 3.77. The monoisotopic (exact) mass is 387 g/mol. The summed E-state index contributed by atoms with van der Waals surface area (Å²) in [5.74, 6) is 0.381. The van der Waals surface area contributed by atoms with Gasteiger partial charge in [0.2, 0.25) is 0 Å².